The molecular weight excluding hydrogens is 352 g/mol. The fourth-order valence-corrected chi connectivity index (χ4v) is 3.33. The van der Waals surface area contributed by atoms with Gasteiger partial charge in [-0.3, -0.25) is 0 Å². The molecular formula is C20H24O7. The van der Waals surface area contributed by atoms with Crippen LogP contribution in [0.5, 0.6) is 28.7 Å². The summed E-state index contributed by atoms with van der Waals surface area (Å²) in [6.07, 6.45) is -1.05. The second-order valence-corrected chi connectivity index (χ2v) is 6.38. The molecule has 0 unspecified atom stereocenters. The molecule has 0 bridgehead atoms. The largest absolute Gasteiger partial charge is 0.497 e. The first-order valence-corrected chi connectivity index (χ1v) is 8.46. The van der Waals surface area contributed by atoms with Gasteiger partial charge in [0.2, 0.25) is 5.75 Å². The summed E-state index contributed by atoms with van der Waals surface area (Å²) >= 11 is 0. The Bertz CT molecular complexity index is 803. The van der Waals surface area contributed by atoms with Crippen molar-refractivity contribution in [3.63, 3.8) is 0 Å². The van der Waals surface area contributed by atoms with Crippen LogP contribution >= 0.6 is 0 Å². The number of methoxy groups -OCH3 is 4. The van der Waals surface area contributed by atoms with Crippen molar-refractivity contribution in [1.82, 2.24) is 0 Å². The van der Waals surface area contributed by atoms with Gasteiger partial charge < -0.3 is 33.9 Å². The van der Waals surface area contributed by atoms with Gasteiger partial charge in [0.1, 0.15) is 29.8 Å². The first-order valence-electron chi connectivity index (χ1n) is 8.46. The van der Waals surface area contributed by atoms with E-state index in [0.29, 0.717) is 22.8 Å². The minimum Gasteiger partial charge on any atom is -0.497 e. The summed E-state index contributed by atoms with van der Waals surface area (Å²) in [6, 6.07) is 8.90. The molecule has 27 heavy (non-hydrogen) atoms. The molecule has 0 spiro atoms. The molecule has 3 rings (SSSR count). The number of aliphatic hydroxyl groups excluding tert-OH is 1. The van der Waals surface area contributed by atoms with Gasteiger partial charge in [-0.1, -0.05) is 12.1 Å². The molecule has 0 radical (unpaired) electrons. The summed E-state index contributed by atoms with van der Waals surface area (Å²) in [5, 5.41) is 22.1. The average Bonchev–Trinajstić information content (AvgIpc) is 2.70. The van der Waals surface area contributed by atoms with E-state index in [4.69, 9.17) is 23.7 Å². The summed E-state index contributed by atoms with van der Waals surface area (Å²) in [6.45, 7) is -0.0775. The third-order valence-electron chi connectivity index (χ3n) is 4.76. The predicted molar refractivity (Wildman–Crippen MR) is 98.2 cm³/mol. The molecule has 0 saturated heterocycles. The lowest BCUT2D eigenvalue weighted by Crippen LogP contribution is -2.47. The average molecular weight is 376 g/mol. The summed E-state index contributed by atoms with van der Waals surface area (Å²) in [5.74, 6) is 2.12. The molecule has 1 aliphatic heterocycles. The third-order valence-corrected chi connectivity index (χ3v) is 4.76. The van der Waals surface area contributed by atoms with Gasteiger partial charge in [-0.15, -0.1) is 0 Å². The fraction of sp³-hybridized carbons (Fsp3) is 0.400. The van der Waals surface area contributed by atoms with Gasteiger partial charge in [-0.05, 0) is 17.7 Å². The van der Waals surface area contributed by atoms with Gasteiger partial charge in [0.25, 0.3) is 0 Å². The fourth-order valence-electron chi connectivity index (χ4n) is 3.33. The van der Waals surface area contributed by atoms with Crippen molar-refractivity contribution in [2.24, 2.45) is 0 Å². The number of rotatable bonds is 6. The first kappa shape index (κ1) is 19.1. The van der Waals surface area contributed by atoms with Gasteiger partial charge in [0.05, 0.1) is 34.0 Å². The maximum absolute atomic E-state index is 11.1. The van der Waals surface area contributed by atoms with Crippen LogP contribution in [0.3, 0.4) is 0 Å². The number of hydrogen-bond donors (Lipinski definition) is 2. The van der Waals surface area contributed by atoms with Gasteiger partial charge in [0, 0.05) is 12.5 Å². The minimum atomic E-state index is -1.53. The smallest absolute Gasteiger partial charge is 0.203 e. The molecule has 0 fully saturated rings. The zero-order chi connectivity index (χ0) is 19.6. The van der Waals surface area contributed by atoms with Crippen molar-refractivity contribution in [2.75, 3.05) is 35.0 Å². The van der Waals surface area contributed by atoms with Crippen LogP contribution in [0.25, 0.3) is 0 Å². The lowest BCUT2D eigenvalue weighted by atomic mass is 9.83. The van der Waals surface area contributed by atoms with Crippen LogP contribution in [0.15, 0.2) is 30.3 Å². The van der Waals surface area contributed by atoms with Crippen molar-refractivity contribution in [1.29, 1.82) is 0 Å². The van der Waals surface area contributed by atoms with Gasteiger partial charge in [-0.25, -0.2) is 0 Å². The van der Waals surface area contributed by atoms with Crippen molar-refractivity contribution < 1.29 is 33.9 Å². The zero-order valence-corrected chi connectivity index (χ0v) is 15.8. The van der Waals surface area contributed by atoms with Crippen LogP contribution in [0.4, 0.5) is 0 Å². The van der Waals surface area contributed by atoms with E-state index < -0.39 is 11.7 Å². The molecule has 0 aliphatic carbocycles. The molecule has 0 amide bonds. The molecule has 2 N–H and O–H groups in total. The van der Waals surface area contributed by atoms with Crippen molar-refractivity contribution in [3.8, 4) is 28.7 Å². The predicted octanol–water partition coefficient (Wildman–Crippen LogP) is 2.12. The van der Waals surface area contributed by atoms with E-state index in [0.717, 1.165) is 11.3 Å². The van der Waals surface area contributed by atoms with E-state index in [1.165, 1.54) is 21.3 Å². The van der Waals surface area contributed by atoms with E-state index in [1.54, 1.807) is 25.3 Å². The van der Waals surface area contributed by atoms with E-state index in [1.807, 2.05) is 12.1 Å². The minimum absolute atomic E-state index is 0.0775. The highest BCUT2D eigenvalue weighted by molar-refractivity contribution is 5.63. The maximum Gasteiger partial charge on any atom is 0.203 e. The number of hydrogen-bond acceptors (Lipinski definition) is 7. The highest BCUT2D eigenvalue weighted by atomic mass is 16.5. The van der Waals surface area contributed by atoms with Crippen molar-refractivity contribution in [2.45, 2.75) is 18.1 Å². The third kappa shape index (κ3) is 3.36. The molecule has 0 aromatic heterocycles. The molecule has 2 aromatic rings. The molecule has 1 heterocycles. The zero-order valence-electron chi connectivity index (χ0n) is 15.8. The number of aliphatic hydroxyl groups is 2. The van der Waals surface area contributed by atoms with Gasteiger partial charge in [0.15, 0.2) is 11.5 Å². The van der Waals surface area contributed by atoms with Crippen molar-refractivity contribution >= 4 is 0 Å². The Morgan fingerprint density at radius 1 is 1.00 bits per heavy atom. The quantitative estimate of drug-likeness (QED) is 0.799. The highest BCUT2D eigenvalue weighted by Gasteiger charge is 2.45. The van der Waals surface area contributed by atoms with E-state index in [-0.39, 0.29) is 18.8 Å². The molecule has 0 saturated carbocycles. The SMILES string of the molecule is COc1ccc(C[C@]2(O)COc3cc(OC)c(OC)c(OC)c3[C@H]2O)cc1. The molecule has 2 aromatic carbocycles. The van der Waals surface area contributed by atoms with Crippen LogP contribution in [0, 0.1) is 0 Å². The van der Waals surface area contributed by atoms with Crippen LogP contribution in [-0.4, -0.2) is 50.9 Å². The summed E-state index contributed by atoms with van der Waals surface area (Å²) in [7, 11) is 6.03. The van der Waals surface area contributed by atoms with E-state index in [2.05, 4.69) is 0 Å². The molecule has 7 nitrogen and oxygen atoms in total. The van der Waals surface area contributed by atoms with Crippen LogP contribution in [-0.2, 0) is 6.42 Å². The molecule has 7 heteroatoms. The Kier molecular flexibility index (Phi) is 5.34. The Balaban J connectivity index is 1.99. The van der Waals surface area contributed by atoms with Gasteiger partial charge in [-0.2, -0.15) is 0 Å². The molecule has 2 atom stereocenters. The Labute approximate surface area is 158 Å². The normalized spacial score (nSPS) is 21.0. The molecule has 1 aliphatic rings. The Hall–Kier alpha value is -2.64. The number of benzene rings is 2. The summed E-state index contributed by atoms with van der Waals surface area (Å²) in [4.78, 5) is 0. The van der Waals surface area contributed by atoms with Crippen LogP contribution < -0.4 is 23.7 Å². The lowest BCUT2D eigenvalue weighted by Gasteiger charge is -2.39. The van der Waals surface area contributed by atoms with Crippen LogP contribution in [0.1, 0.15) is 17.2 Å². The molecule has 146 valence electrons. The summed E-state index contributed by atoms with van der Waals surface area (Å²) in [5.41, 5.74) is -0.365. The lowest BCUT2D eigenvalue weighted by molar-refractivity contribution is -0.115. The monoisotopic (exact) mass is 376 g/mol. The second-order valence-electron chi connectivity index (χ2n) is 6.38. The Morgan fingerprint density at radius 2 is 1.67 bits per heavy atom. The maximum atomic E-state index is 11.1. The van der Waals surface area contributed by atoms with Crippen LogP contribution in [0.2, 0.25) is 0 Å². The van der Waals surface area contributed by atoms with E-state index >= 15 is 0 Å². The number of fused-ring (bicyclic) bond motifs is 1. The second kappa shape index (κ2) is 7.54. The topological polar surface area (TPSA) is 86.6 Å². The van der Waals surface area contributed by atoms with Crippen molar-refractivity contribution in [3.05, 3.63) is 41.5 Å². The first-order chi connectivity index (χ1) is 13.0. The standard InChI is InChI=1S/C20H24O7/c1-23-13-7-5-12(6-8-13)10-20(22)11-27-14-9-15(24-2)17(25-3)18(26-4)16(14)19(20)21/h5-9,19,21-22H,10-11H2,1-4H3/t19-,20+/m1/s1. The highest BCUT2D eigenvalue weighted by Crippen LogP contribution is 2.52. The van der Waals surface area contributed by atoms with E-state index in [9.17, 15) is 10.2 Å². The number of ether oxygens (including phenoxy) is 5. The van der Waals surface area contributed by atoms with Gasteiger partial charge >= 0.3 is 0 Å². The summed E-state index contributed by atoms with van der Waals surface area (Å²) < 4.78 is 27.0. The Morgan fingerprint density at radius 3 is 2.22 bits per heavy atom.